The van der Waals surface area contributed by atoms with Crippen molar-refractivity contribution in [3.63, 3.8) is 0 Å². The van der Waals surface area contributed by atoms with Gasteiger partial charge in [-0.05, 0) is 0 Å². The Hall–Kier alpha value is -1.93. The van der Waals surface area contributed by atoms with Crippen molar-refractivity contribution in [2.24, 2.45) is 12.8 Å². The van der Waals surface area contributed by atoms with Gasteiger partial charge in [0.05, 0.1) is 7.11 Å². The molecule has 8 heteroatoms. The van der Waals surface area contributed by atoms with Gasteiger partial charge in [0.2, 0.25) is 0 Å². The Balaban J connectivity index is 3.12. The molecule has 1 heterocycles. The minimum absolute atomic E-state index is 0.0225. The third-order valence-corrected chi connectivity index (χ3v) is 2.18. The standard InChI is InChI=1S/C9H13N3O5/c1-12-3-4(6(11-12)9(16)17-2)7(13)5(10)8(14)15/h3,5,7,13H,10H2,1-2H3,(H,14,15). The van der Waals surface area contributed by atoms with Crippen LogP contribution in [0.25, 0.3) is 0 Å². The fraction of sp³-hybridized carbons (Fsp3) is 0.444. The van der Waals surface area contributed by atoms with E-state index >= 15 is 0 Å². The average Bonchev–Trinajstić information content (AvgIpc) is 2.68. The Morgan fingerprint density at radius 1 is 1.59 bits per heavy atom. The molecule has 0 aliphatic rings. The van der Waals surface area contributed by atoms with Crippen LogP contribution in [0.15, 0.2) is 6.20 Å². The molecular formula is C9H13N3O5. The first-order valence-electron chi connectivity index (χ1n) is 4.66. The number of aliphatic hydroxyl groups is 1. The number of carbonyl (C=O) groups is 2. The molecule has 4 N–H and O–H groups in total. The van der Waals surface area contributed by atoms with Crippen LogP contribution in [0, 0.1) is 0 Å². The SMILES string of the molecule is COC(=O)c1nn(C)cc1C(O)C(N)C(=O)O. The monoisotopic (exact) mass is 243 g/mol. The van der Waals surface area contributed by atoms with Crippen molar-refractivity contribution in [1.82, 2.24) is 9.78 Å². The van der Waals surface area contributed by atoms with Crippen LogP contribution in [0.4, 0.5) is 0 Å². The molecule has 0 aliphatic carbocycles. The second-order valence-electron chi connectivity index (χ2n) is 3.41. The number of hydrogen-bond acceptors (Lipinski definition) is 6. The molecule has 2 unspecified atom stereocenters. The Morgan fingerprint density at radius 3 is 2.65 bits per heavy atom. The number of aromatic nitrogens is 2. The molecule has 0 fully saturated rings. The van der Waals surface area contributed by atoms with Crippen LogP contribution in [0.3, 0.4) is 0 Å². The topological polar surface area (TPSA) is 128 Å². The highest BCUT2D eigenvalue weighted by molar-refractivity contribution is 5.89. The Kier molecular flexibility index (Phi) is 3.81. The summed E-state index contributed by atoms with van der Waals surface area (Å²) in [7, 11) is 2.68. The zero-order valence-corrected chi connectivity index (χ0v) is 9.32. The number of hydrogen-bond donors (Lipinski definition) is 3. The number of aryl methyl sites for hydroxylation is 1. The smallest absolute Gasteiger partial charge is 0.358 e. The van der Waals surface area contributed by atoms with Gasteiger partial charge in [-0.25, -0.2) is 4.79 Å². The Morgan fingerprint density at radius 2 is 2.18 bits per heavy atom. The number of rotatable bonds is 4. The molecule has 1 aromatic rings. The summed E-state index contributed by atoms with van der Waals surface area (Å²) in [5.41, 5.74) is 5.14. The highest BCUT2D eigenvalue weighted by Gasteiger charge is 2.30. The number of aliphatic carboxylic acids is 1. The largest absolute Gasteiger partial charge is 0.480 e. The molecule has 0 bridgehead atoms. The van der Waals surface area contributed by atoms with E-state index in [0.717, 1.165) is 7.11 Å². The minimum Gasteiger partial charge on any atom is -0.480 e. The molecule has 94 valence electrons. The third kappa shape index (κ3) is 2.60. The number of carboxylic acid groups (broad SMARTS) is 1. The van der Waals surface area contributed by atoms with E-state index in [1.54, 1.807) is 0 Å². The predicted molar refractivity (Wildman–Crippen MR) is 55.1 cm³/mol. The highest BCUT2D eigenvalue weighted by atomic mass is 16.5. The number of methoxy groups -OCH3 is 1. The van der Waals surface area contributed by atoms with Crippen molar-refractivity contribution in [3.8, 4) is 0 Å². The number of esters is 1. The van der Waals surface area contributed by atoms with Crippen molar-refractivity contribution >= 4 is 11.9 Å². The summed E-state index contributed by atoms with van der Waals surface area (Å²) in [5, 5.41) is 22.2. The lowest BCUT2D eigenvalue weighted by atomic mass is 10.0. The van der Waals surface area contributed by atoms with Crippen molar-refractivity contribution in [1.29, 1.82) is 0 Å². The van der Waals surface area contributed by atoms with Crippen molar-refractivity contribution < 1.29 is 24.5 Å². The highest BCUT2D eigenvalue weighted by Crippen LogP contribution is 2.20. The van der Waals surface area contributed by atoms with Crippen LogP contribution in [0.2, 0.25) is 0 Å². The van der Waals surface area contributed by atoms with Gasteiger partial charge in [0.25, 0.3) is 0 Å². The van der Waals surface area contributed by atoms with E-state index in [1.165, 1.54) is 17.9 Å². The van der Waals surface area contributed by atoms with Crippen LogP contribution in [0.5, 0.6) is 0 Å². The lowest BCUT2D eigenvalue weighted by molar-refractivity contribution is -0.141. The fourth-order valence-corrected chi connectivity index (χ4v) is 1.31. The Labute approximate surface area is 96.6 Å². The average molecular weight is 243 g/mol. The van der Waals surface area contributed by atoms with Crippen molar-refractivity contribution in [2.45, 2.75) is 12.1 Å². The maximum atomic E-state index is 11.3. The molecule has 8 nitrogen and oxygen atoms in total. The van der Waals surface area contributed by atoms with E-state index in [-0.39, 0.29) is 11.3 Å². The fourth-order valence-electron chi connectivity index (χ4n) is 1.31. The minimum atomic E-state index is -1.54. The molecule has 0 spiro atoms. The summed E-state index contributed by atoms with van der Waals surface area (Å²) in [5.74, 6) is -2.14. The van der Waals surface area contributed by atoms with Gasteiger partial charge < -0.3 is 20.7 Å². The second kappa shape index (κ2) is 4.93. The lowest BCUT2D eigenvalue weighted by Crippen LogP contribution is -2.37. The van der Waals surface area contributed by atoms with Crippen LogP contribution in [0.1, 0.15) is 22.2 Å². The van der Waals surface area contributed by atoms with Gasteiger partial charge in [-0.15, -0.1) is 0 Å². The number of carbonyl (C=O) groups excluding carboxylic acids is 1. The van der Waals surface area contributed by atoms with Crippen LogP contribution < -0.4 is 5.73 Å². The zero-order chi connectivity index (χ0) is 13.2. The number of nitrogens with zero attached hydrogens (tertiary/aromatic N) is 2. The third-order valence-electron chi connectivity index (χ3n) is 2.18. The summed E-state index contributed by atoms with van der Waals surface area (Å²) in [4.78, 5) is 22.0. The first kappa shape index (κ1) is 13.1. The van der Waals surface area contributed by atoms with Gasteiger partial charge in [-0.2, -0.15) is 5.10 Å². The van der Waals surface area contributed by atoms with Gasteiger partial charge >= 0.3 is 11.9 Å². The van der Waals surface area contributed by atoms with E-state index in [9.17, 15) is 14.7 Å². The summed E-state index contributed by atoms with van der Waals surface area (Å²) in [6.07, 6.45) is -0.213. The first-order valence-corrected chi connectivity index (χ1v) is 4.66. The van der Waals surface area contributed by atoms with E-state index < -0.39 is 24.1 Å². The van der Waals surface area contributed by atoms with Gasteiger partial charge in [-0.1, -0.05) is 0 Å². The van der Waals surface area contributed by atoms with Gasteiger partial charge in [0, 0.05) is 18.8 Å². The van der Waals surface area contributed by atoms with Crippen LogP contribution in [-0.2, 0) is 16.6 Å². The summed E-state index contributed by atoms with van der Waals surface area (Å²) < 4.78 is 5.73. The number of carboxylic acids is 1. The first-order chi connectivity index (χ1) is 7.88. The lowest BCUT2D eigenvalue weighted by Gasteiger charge is -2.13. The molecule has 0 aliphatic heterocycles. The maximum Gasteiger partial charge on any atom is 0.358 e. The molecule has 2 atom stereocenters. The van der Waals surface area contributed by atoms with E-state index in [4.69, 9.17) is 10.8 Å². The summed E-state index contributed by atoms with van der Waals surface area (Å²) >= 11 is 0. The van der Waals surface area contributed by atoms with E-state index in [2.05, 4.69) is 9.84 Å². The van der Waals surface area contributed by atoms with Crippen LogP contribution >= 0.6 is 0 Å². The van der Waals surface area contributed by atoms with Gasteiger partial charge in [-0.3, -0.25) is 9.48 Å². The molecule has 0 saturated carbocycles. The summed E-state index contributed by atoms with van der Waals surface area (Å²) in [6.45, 7) is 0. The molecule has 17 heavy (non-hydrogen) atoms. The predicted octanol–water partition coefficient (Wildman–Crippen LogP) is -1.35. The van der Waals surface area contributed by atoms with Crippen LogP contribution in [-0.4, -0.2) is 45.1 Å². The zero-order valence-electron chi connectivity index (χ0n) is 9.32. The molecule has 0 radical (unpaired) electrons. The molecule has 1 rings (SSSR count). The summed E-state index contributed by atoms with van der Waals surface area (Å²) in [6, 6.07) is -1.54. The molecule has 1 aromatic heterocycles. The number of ether oxygens (including phenoxy) is 1. The van der Waals surface area contributed by atoms with Crippen molar-refractivity contribution in [3.05, 3.63) is 17.5 Å². The Bertz CT molecular complexity index is 442. The van der Waals surface area contributed by atoms with E-state index in [1.807, 2.05) is 0 Å². The van der Waals surface area contributed by atoms with Crippen molar-refractivity contribution in [2.75, 3.05) is 7.11 Å². The normalized spacial score (nSPS) is 14.1. The molecule has 0 amide bonds. The van der Waals surface area contributed by atoms with E-state index in [0.29, 0.717) is 0 Å². The molecule has 0 aromatic carbocycles. The maximum absolute atomic E-state index is 11.3. The van der Waals surface area contributed by atoms with Gasteiger partial charge in [0.15, 0.2) is 5.69 Å². The molecule has 0 saturated heterocycles. The number of aliphatic hydroxyl groups excluding tert-OH is 1. The number of nitrogens with two attached hydrogens (primary N) is 1. The second-order valence-corrected chi connectivity index (χ2v) is 3.41. The quantitative estimate of drug-likeness (QED) is 0.558. The van der Waals surface area contributed by atoms with Gasteiger partial charge in [0.1, 0.15) is 12.1 Å². The molecular weight excluding hydrogens is 230 g/mol.